The van der Waals surface area contributed by atoms with Crippen LogP contribution >= 0.6 is 23.1 Å². The highest BCUT2D eigenvalue weighted by atomic mass is 32.2. The molecule has 1 amide bonds. The molecule has 0 fully saturated rings. The number of nitrogens with two attached hydrogens (primary N) is 1. The van der Waals surface area contributed by atoms with E-state index in [0.717, 1.165) is 11.8 Å². The number of benzene rings is 1. The molecule has 0 spiro atoms. The Kier molecular flexibility index (Phi) is 7.58. The second-order valence-electron chi connectivity index (χ2n) is 9.05. The average Bonchev–Trinajstić information content (AvgIpc) is 3.41. The number of nitro groups is 1. The number of nitrogens with one attached hydrogen (secondary N) is 1. The van der Waals surface area contributed by atoms with Crippen LogP contribution in [-0.4, -0.2) is 37.5 Å². The lowest BCUT2D eigenvalue weighted by atomic mass is 9.76. The van der Waals surface area contributed by atoms with Crippen LogP contribution in [0.25, 0.3) is 0 Å². The Morgan fingerprint density at radius 1 is 1.35 bits per heavy atom. The van der Waals surface area contributed by atoms with Gasteiger partial charge in [-0.05, 0) is 37.5 Å². The van der Waals surface area contributed by atoms with Gasteiger partial charge in [0.15, 0.2) is 10.1 Å². The maximum absolute atomic E-state index is 13.2. The smallest absolute Gasteiger partial charge is 0.274 e. The predicted octanol–water partition coefficient (Wildman–Crippen LogP) is 4.19. The minimum absolute atomic E-state index is 0.0133. The lowest BCUT2D eigenvalue weighted by Crippen LogP contribution is -2.38. The van der Waals surface area contributed by atoms with Crippen molar-refractivity contribution in [1.82, 2.24) is 15.2 Å². The van der Waals surface area contributed by atoms with Crippen molar-refractivity contribution < 1.29 is 14.5 Å². The minimum atomic E-state index is -0.610. The molecule has 2 aliphatic rings. The number of carbonyl (C=O) groups excluding carboxylic acids is 2. The van der Waals surface area contributed by atoms with E-state index in [1.165, 1.54) is 17.4 Å². The SMILES string of the molecule is Cc1ccc(NC(=O)CSc2nnc(N3C(N)=C(C#N)C(c4cccnc4)C4=C3CCCC4=O)s2)cc1[N+](=O)[O-]. The largest absolute Gasteiger partial charge is 0.384 e. The number of aryl methyl sites for hydroxylation is 1. The second kappa shape index (κ2) is 11.2. The van der Waals surface area contributed by atoms with E-state index >= 15 is 0 Å². The highest BCUT2D eigenvalue weighted by Crippen LogP contribution is 2.46. The number of anilines is 2. The maximum Gasteiger partial charge on any atom is 0.274 e. The summed E-state index contributed by atoms with van der Waals surface area (Å²) >= 11 is 2.32. The monoisotopic (exact) mass is 574 g/mol. The number of carbonyl (C=O) groups is 2. The van der Waals surface area contributed by atoms with Crippen LogP contribution in [0, 0.1) is 28.4 Å². The summed E-state index contributed by atoms with van der Waals surface area (Å²) < 4.78 is 0.477. The van der Waals surface area contributed by atoms with Crippen LogP contribution in [0.5, 0.6) is 0 Å². The first-order chi connectivity index (χ1) is 19.3. The normalized spacial score (nSPS) is 16.9. The third kappa shape index (κ3) is 5.16. The van der Waals surface area contributed by atoms with Crippen molar-refractivity contribution in [1.29, 1.82) is 5.26 Å². The summed E-state index contributed by atoms with van der Waals surface area (Å²) in [5.41, 5.74) is 9.43. The average molecular weight is 575 g/mol. The van der Waals surface area contributed by atoms with Gasteiger partial charge in [-0.25, -0.2) is 0 Å². The van der Waals surface area contributed by atoms with Gasteiger partial charge in [-0.3, -0.25) is 29.6 Å². The summed E-state index contributed by atoms with van der Waals surface area (Å²) in [5.74, 6) is -0.864. The van der Waals surface area contributed by atoms with E-state index in [1.54, 1.807) is 42.4 Å². The Morgan fingerprint density at radius 3 is 2.90 bits per heavy atom. The number of allylic oxidation sites excluding steroid dienone is 3. The number of hydrogen-bond acceptors (Lipinski definition) is 12. The first kappa shape index (κ1) is 27.0. The Labute approximate surface area is 236 Å². The van der Waals surface area contributed by atoms with Gasteiger partial charge < -0.3 is 11.1 Å². The molecule has 1 aliphatic carbocycles. The van der Waals surface area contributed by atoms with E-state index in [2.05, 4.69) is 26.6 Å². The number of aromatic nitrogens is 3. The zero-order chi connectivity index (χ0) is 28.4. The molecule has 0 bridgehead atoms. The highest BCUT2D eigenvalue weighted by Gasteiger charge is 2.41. The molecular formula is C26H22N8O4S2. The highest BCUT2D eigenvalue weighted by molar-refractivity contribution is 8.01. The van der Waals surface area contributed by atoms with Gasteiger partial charge in [0, 0.05) is 47.4 Å². The molecule has 5 rings (SSSR count). The van der Waals surface area contributed by atoms with Crippen LogP contribution in [0.4, 0.5) is 16.5 Å². The quantitative estimate of drug-likeness (QED) is 0.234. The fourth-order valence-corrected chi connectivity index (χ4v) is 6.43. The molecule has 12 nitrogen and oxygen atoms in total. The van der Waals surface area contributed by atoms with E-state index in [-0.39, 0.29) is 34.5 Å². The fourth-order valence-electron chi connectivity index (χ4n) is 4.74. The molecule has 0 radical (unpaired) electrons. The number of thioether (sulfide) groups is 1. The first-order valence-corrected chi connectivity index (χ1v) is 14.0. The second-order valence-corrected chi connectivity index (χ2v) is 11.2. The Bertz CT molecular complexity index is 1630. The van der Waals surface area contributed by atoms with Crippen molar-refractivity contribution in [2.24, 2.45) is 5.73 Å². The molecule has 202 valence electrons. The molecule has 1 aliphatic heterocycles. The molecule has 1 aromatic carbocycles. The van der Waals surface area contributed by atoms with E-state index < -0.39 is 10.8 Å². The van der Waals surface area contributed by atoms with Crippen LogP contribution in [0.3, 0.4) is 0 Å². The van der Waals surface area contributed by atoms with Crippen LogP contribution in [-0.2, 0) is 9.59 Å². The van der Waals surface area contributed by atoms with Crippen LogP contribution in [0.15, 0.2) is 69.7 Å². The molecule has 1 atom stereocenters. The number of nitro benzene ring substituents is 1. The summed E-state index contributed by atoms with van der Waals surface area (Å²) in [4.78, 5) is 42.2. The summed E-state index contributed by atoms with van der Waals surface area (Å²) in [6, 6.07) is 10.3. The van der Waals surface area contributed by atoms with Crippen molar-refractivity contribution >= 4 is 51.3 Å². The lowest BCUT2D eigenvalue weighted by Gasteiger charge is -2.37. The Balaban J connectivity index is 1.38. The molecule has 3 heterocycles. The summed E-state index contributed by atoms with van der Waals surface area (Å²) in [5, 5.41) is 32.7. The first-order valence-electron chi connectivity index (χ1n) is 12.2. The van der Waals surface area contributed by atoms with Gasteiger partial charge in [-0.15, -0.1) is 10.2 Å². The Morgan fingerprint density at radius 2 is 2.17 bits per heavy atom. The number of Topliss-reactive ketones (excluding diaryl/α,β-unsaturated/α-hetero) is 1. The van der Waals surface area contributed by atoms with E-state index in [9.17, 15) is 25.0 Å². The molecule has 0 saturated carbocycles. The van der Waals surface area contributed by atoms with Crippen molar-refractivity contribution in [3.05, 3.63) is 86.6 Å². The number of nitriles is 1. The van der Waals surface area contributed by atoms with Crippen molar-refractivity contribution in [3.63, 3.8) is 0 Å². The van der Waals surface area contributed by atoms with Gasteiger partial charge in [0.05, 0.1) is 28.2 Å². The number of amides is 1. The molecule has 1 unspecified atom stereocenters. The molecular weight excluding hydrogens is 552 g/mol. The summed E-state index contributed by atoms with van der Waals surface area (Å²) in [6.07, 6.45) is 4.85. The fraction of sp³-hybridized carbons (Fsp3) is 0.231. The van der Waals surface area contributed by atoms with Crippen molar-refractivity contribution in [2.45, 2.75) is 36.4 Å². The van der Waals surface area contributed by atoms with Crippen LogP contribution in [0.1, 0.15) is 36.3 Å². The maximum atomic E-state index is 13.2. The third-order valence-corrected chi connectivity index (χ3v) is 8.58. The molecule has 2 aromatic heterocycles. The van der Waals surface area contributed by atoms with E-state index in [1.807, 2.05) is 6.07 Å². The third-order valence-electron chi connectivity index (χ3n) is 6.53. The summed E-state index contributed by atoms with van der Waals surface area (Å²) in [6.45, 7) is 1.62. The number of hydrogen-bond donors (Lipinski definition) is 2. The van der Waals surface area contributed by atoms with Crippen molar-refractivity contribution in [2.75, 3.05) is 16.0 Å². The number of rotatable bonds is 7. The van der Waals surface area contributed by atoms with Gasteiger partial charge in [-0.1, -0.05) is 35.2 Å². The molecule has 0 saturated heterocycles. The number of pyridine rings is 1. The molecule has 40 heavy (non-hydrogen) atoms. The van der Waals surface area contributed by atoms with E-state index in [4.69, 9.17) is 5.73 Å². The number of nitrogens with zero attached hydrogens (tertiary/aromatic N) is 6. The summed E-state index contributed by atoms with van der Waals surface area (Å²) in [7, 11) is 0. The zero-order valence-electron chi connectivity index (χ0n) is 21.2. The van der Waals surface area contributed by atoms with Crippen LogP contribution in [0.2, 0.25) is 0 Å². The Hall–Kier alpha value is -4.61. The topological polar surface area (TPSA) is 181 Å². The standard InChI is InChI=1S/C26H22N8O4S2/c1-14-7-8-16(10-19(14)34(37)38)30-21(36)13-39-26-32-31-25(40-26)33-18-5-2-6-20(35)23(18)22(17(11-27)24(33)28)15-4-3-9-29-12-15/h3-4,7-10,12,22H,2,5-6,13,28H2,1H3,(H,30,36). The molecule has 14 heteroatoms. The van der Waals surface area contributed by atoms with E-state index in [0.29, 0.717) is 56.8 Å². The minimum Gasteiger partial charge on any atom is -0.384 e. The van der Waals surface area contributed by atoms with Crippen molar-refractivity contribution in [3.8, 4) is 6.07 Å². The molecule has 3 N–H and O–H groups in total. The van der Waals surface area contributed by atoms with Gasteiger partial charge >= 0.3 is 0 Å². The molecule has 3 aromatic rings. The van der Waals surface area contributed by atoms with Gasteiger partial charge in [-0.2, -0.15) is 5.26 Å². The van der Waals surface area contributed by atoms with Gasteiger partial charge in [0.1, 0.15) is 5.82 Å². The van der Waals surface area contributed by atoms with Gasteiger partial charge in [0.25, 0.3) is 5.69 Å². The van der Waals surface area contributed by atoms with Gasteiger partial charge in [0.2, 0.25) is 11.0 Å². The zero-order valence-corrected chi connectivity index (χ0v) is 22.8. The van der Waals surface area contributed by atoms with Crippen LogP contribution < -0.4 is 16.0 Å². The predicted molar refractivity (Wildman–Crippen MR) is 149 cm³/mol. The number of ketones is 1. The lowest BCUT2D eigenvalue weighted by molar-refractivity contribution is -0.385.